The first-order valence-electron chi connectivity index (χ1n) is 3.17. The van der Waals surface area contributed by atoms with Crippen LogP contribution in [0.15, 0.2) is 22.8 Å². The molecule has 1 heterocycles. The highest BCUT2D eigenvalue weighted by Crippen LogP contribution is 2.16. The zero-order chi connectivity index (χ0) is 8.97. The van der Waals surface area contributed by atoms with Crippen LogP contribution >= 0.6 is 0 Å². The number of nitro groups is 1. The van der Waals surface area contributed by atoms with E-state index < -0.39 is 4.92 Å². The van der Waals surface area contributed by atoms with Crippen molar-refractivity contribution in [3.8, 4) is 0 Å². The van der Waals surface area contributed by atoms with E-state index in [2.05, 4.69) is 4.74 Å². The fraction of sp³-hybridized carbons (Fsp3) is 0.143. The highest BCUT2D eigenvalue weighted by atomic mass is 16.6. The number of hydrogen-bond donors (Lipinski definition) is 0. The number of rotatable bonds is 3. The molecule has 1 rings (SSSR count). The minimum atomic E-state index is -0.593. The van der Waals surface area contributed by atoms with E-state index in [4.69, 9.17) is 4.42 Å². The van der Waals surface area contributed by atoms with Crippen LogP contribution in [0.25, 0.3) is 6.08 Å². The Labute approximate surface area is 68.4 Å². The lowest BCUT2D eigenvalue weighted by Crippen LogP contribution is -1.82. The molecule has 0 spiro atoms. The number of nitrogens with zero attached hydrogens (tertiary/aromatic N) is 1. The third kappa shape index (κ3) is 1.85. The van der Waals surface area contributed by atoms with E-state index in [-0.39, 0.29) is 5.88 Å². The maximum absolute atomic E-state index is 10.1. The van der Waals surface area contributed by atoms with Crippen LogP contribution in [0.2, 0.25) is 0 Å². The molecule has 0 aromatic carbocycles. The van der Waals surface area contributed by atoms with Gasteiger partial charge in [0.05, 0.1) is 19.4 Å². The number of methoxy groups -OCH3 is 1. The van der Waals surface area contributed by atoms with Gasteiger partial charge >= 0.3 is 5.88 Å². The molecule has 0 unspecified atom stereocenters. The molecule has 1 aromatic heterocycles. The molecule has 0 aliphatic rings. The zero-order valence-corrected chi connectivity index (χ0v) is 6.39. The lowest BCUT2D eigenvalue weighted by molar-refractivity contribution is -0.402. The van der Waals surface area contributed by atoms with Gasteiger partial charge in [-0.25, -0.2) is 0 Å². The average Bonchev–Trinajstić information content (AvgIpc) is 2.48. The van der Waals surface area contributed by atoms with Crippen molar-refractivity contribution in [2.75, 3.05) is 7.11 Å². The van der Waals surface area contributed by atoms with Crippen molar-refractivity contribution in [3.63, 3.8) is 0 Å². The van der Waals surface area contributed by atoms with Crippen molar-refractivity contribution in [1.82, 2.24) is 0 Å². The molecule has 0 N–H and O–H groups in total. The van der Waals surface area contributed by atoms with Crippen molar-refractivity contribution < 1.29 is 14.1 Å². The zero-order valence-electron chi connectivity index (χ0n) is 6.39. The van der Waals surface area contributed by atoms with E-state index in [1.807, 2.05) is 0 Å². The van der Waals surface area contributed by atoms with Gasteiger partial charge in [-0.15, -0.1) is 0 Å². The SMILES string of the molecule is COC=Cc1ccc([N+](=O)[O-])o1. The molecule has 5 nitrogen and oxygen atoms in total. The Morgan fingerprint density at radius 3 is 2.92 bits per heavy atom. The fourth-order valence-corrected chi connectivity index (χ4v) is 0.665. The van der Waals surface area contributed by atoms with Crippen LogP contribution in [-0.2, 0) is 4.74 Å². The summed E-state index contributed by atoms with van der Waals surface area (Å²) in [6.07, 6.45) is 2.87. The van der Waals surface area contributed by atoms with Crippen molar-refractivity contribution in [3.05, 3.63) is 34.3 Å². The normalized spacial score (nSPS) is 10.4. The lowest BCUT2D eigenvalue weighted by Gasteiger charge is -1.84. The summed E-state index contributed by atoms with van der Waals surface area (Å²) in [5.41, 5.74) is 0. The van der Waals surface area contributed by atoms with Gasteiger partial charge in [-0.3, -0.25) is 10.1 Å². The summed E-state index contributed by atoms with van der Waals surface area (Å²) < 4.78 is 9.39. The first-order chi connectivity index (χ1) is 5.74. The largest absolute Gasteiger partial charge is 0.504 e. The molecule has 64 valence electrons. The molecule has 0 atom stereocenters. The molecule has 0 aliphatic carbocycles. The van der Waals surface area contributed by atoms with E-state index in [0.29, 0.717) is 5.76 Å². The van der Waals surface area contributed by atoms with Crippen LogP contribution < -0.4 is 0 Å². The van der Waals surface area contributed by atoms with Crippen LogP contribution in [0.1, 0.15) is 5.76 Å². The van der Waals surface area contributed by atoms with Crippen molar-refractivity contribution >= 4 is 12.0 Å². The van der Waals surface area contributed by atoms with E-state index in [1.165, 1.54) is 31.6 Å². The van der Waals surface area contributed by atoms with Gasteiger partial charge in [0.2, 0.25) is 0 Å². The van der Waals surface area contributed by atoms with Gasteiger partial charge in [0, 0.05) is 6.08 Å². The lowest BCUT2D eigenvalue weighted by atomic mass is 10.4. The van der Waals surface area contributed by atoms with E-state index in [1.54, 1.807) is 0 Å². The Morgan fingerprint density at radius 2 is 2.42 bits per heavy atom. The third-order valence-electron chi connectivity index (χ3n) is 1.16. The van der Waals surface area contributed by atoms with E-state index in [9.17, 15) is 10.1 Å². The summed E-state index contributed by atoms with van der Waals surface area (Å²) in [6, 6.07) is 2.78. The summed E-state index contributed by atoms with van der Waals surface area (Å²) in [4.78, 5) is 9.55. The Kier molecular flexibility index (Phi) is 2.47. The third-order valence-corrected chi connectivity index (χ3v) is 1.16. The molecule has 0 amide bonds. The highest BCUT2D eigenvalue weighted by Gasteiger charge is 2.09. The molecule has 0 saturated heterocycles. The first kappa shape index (κ1) is 8.32. The molecule has 0 radical (unpaired) electrons. The quantitative estimate of drug-likeness (QED) is 0.393. The van der Waals surface area contributed by atoms with Gasteiger partial charge in [0.15, 0.2) is 0 Å². The Bertz CT molecular complexity index is 302. The van der Waals surface area contributed by atoms with Crippen LogP contribution in [-0.4, -0.2) is 12.0 Å². The van der Waals surface area contributed by atoms with Gasteiger partial charge in [0.25, 0.3) is 0 Å². The van der Waals surface area contributed by atoms with Gasteiger partial charge in [-0.1, -0.05) is 0 Å². The molecular weight excluding hydrogens is 162 g/mol. The number of furan rings is 1. The topological polar surface area (TPSA) is 65.5 Å². The molecule has 5 heteroatoms. The minimum Gasteiger partial charge on any atom is -0.504 e. The molecule has 0 bridgehead atoms. The number of hydrogen-bond acceptors (Lipinski definition) is 4. The second-order valence-electron chi connectivity index (χ2n) is 1.97. The Morgan fingerprint density at radius 1 is 1.67 bits per heavy atom. The summed E-state index contributed by atoms with van der Waals surface area (Å²) in [5.74, 6) is 0.120. The second-order valence-corrected chi connectivity index (χ2v) is 1.97. The molecule has 12 heavy (non-hydrogen) atoms. The summed E-state index contributed by atoms with van der Waals surface area (Å²) in [7, 11) is 1.48. The maximum atomic E-state index is 10.1. The van der Waals surface area contributed by atoms with Crippen molar-refractivity contribution in [1.29, 1.82) is 0 Å². The predicted molar refractivity (Wildman–Crippen MR) is 41.4 cm³/mol. The van der Waals surface area contributed by atoms with Crippen molar-refractivity contribution in [2.45, 2.75) is 0 Å². The van der Waals surface area contributed by atoms with Gasteiger partial charge in [-0.05, 0) is 6.07 Å². The minimum absolute atomic E-state index is 0.272. The van der Waals surface area contributed by atoms with Crippen LogP contribution in [0.4, 0.5) is 5.88 Å². The Hall–Kier alpha value is -1.78. The molecule has 0 aliphatic heterocycles. The van der Waals surface area contributed by atoms with Gasteiger partial charge in [-0.2, -0.15) is 0 Å². The number of ether oxygens (including phenoxy) is 1. The smallest absolute Gasteiger partial charge is 0.433 e. The summed E-state index contributed by atoms with van der Waals surface area (Å²) in [5, 5.41) is 10.1. The monoisotopic (exact) mass is 169 g/mol. The standard InChI is InChI=1S/C7H7NO4/c1-11-5-4-6-2-3-7(12-6)8(9)10/h2-5H,1H3. The summed E-state index contributed by atoms with van der Waals surface area (Å²) >= 11 is 0. The second kappa shape index (κ2) is 3.56. The highest BCUT2D eigenvalue weighted by molar-refractivity contribution is 5.43. The van der Waals surface area contributed by atoms with E-state index >= 15 is 0 Å². The van der Waals surface area contributed by atoms with Crippen molar-refractivity contribution in [2.24, 2.45) is 0 Å². The van der Waals surface area contributed by atoms with Gasteiger partial charge in [0.1, 0.15) is 10.7 Å². The fourth-order valence-electron chi connectivity index (χ4n) is 0.665. The Balaban J connectivity index is 2.77. The maximum Gasteiger partial charge on any atom is 0.433 e. The molecule has 1 aromatic rings. The predicted octanol–water partition coefficient (Wildman–Crippen LogP) is 1.80. The van der Waals surface area contributed by atoms with Gasteiger partial charge < -0.3 is 9.15 Å². The molecule has 0 saturated carbocycles. The van der Waals surface area contributed by atoms with Crippen LogP contribution in [0, 0.1) is 10.1 Å². The molecular formula is C7H7NO4. The average molecular weight is 169 g/mol. The van der Waals surface area contributed by atoms with Crippen LogP contribution in [0.5, 0.6) is 0 Å². The molecule has 0 fully saturated rings. The van der Waals surface area contributed by atoms with E-state index in [0.717, 1.165) is 0 Å². The summed E-state index contributed by atoms with van der Waals surface area (Å²) in [6.45, 7) is 0. The first-order valence-corrected chi connectivity index (χ1v) is 3.17. The van der Waals surface area contributed by atoms with Crippen LogP contribution in [0.3, 0.4) is 0 Å².